The number of hydrogen-bond acceptors (Lipinski definition) is 3. The summed E-state index contributed by atoms with van der Waals surface area (Å²) in [5, 5.41) is 2.14. The van der Waals surface area contributed by atoms with Gasteiger partial charge >= 0.3 is 5.97 Å². The van der Waals surface area contributed by atoms with Crippen LogP contribution in [0.25, 0.3) is 16.3 Å². The highest BCUT2D eigenvalue weighted by Gasteiger charge is 2.10. The third-order valence-corrected chi connectivity index (χ3v) is 4.64. The lowest BCUT2D eigenvalue weighted by molar-refractivity contribution is -0.142. The minimum Gasteiger partial charge on any atom is -0.465 e. The van der Waals surface area contributed by atoms with Crippen molar-refractivity contribution >= 4 is 28.6 Å². The average Bonchev–Trinajstić information content (AvgIpc) is 2.72. The van der Waals surface area contributed by atoms with Crippen molar-refractivity contribution in [2.45, 2.75) is 52.4 Å². The fourth-order valence-electron chi connectivity index (χ4n) is 3.10. The molecule has 0 aliphatic heterocycles. The summed E-state index contributed by atoms with van der Waals surface area (Å²) in [6.45, 7) is 4.70. The molecule has 0 aliphatic rings. The monoisotopic (exact) mass is 378 g/mol. The molecule has 0 spiro atoms. The first-order chi connectivity index (χ1) is 13.7. The van der Waals surface area contributed by atoms with E-state index >= 15 is 0 Å². The van der Waals surface area contributed by atoms with Crippen LogP contribution in [0.1, 0.15) is 68.3 Å². The zero-order valence-electron chi connectivity index (χ0n) is 16.9. The Hall–Kier alpha value is -2.68. The van der Waals surface area contributed by atoms with Gasteiger partial charge in [0, 0.05) is 5.56 Å². The molecule has 148 valence electrons. The lowest BCUT2D eigenvalue weighted by atomic mass is 9.92. The Morgan fingerprint density at radius 3 is 2.57 bits per heavy atom. The van der Waals surface area contributed by atoms with Gasteiger partial charge in [-0.25, -0.2) is 0 Å². The minimum absolute atomic E-state index is 0.217. The van der Waals surface area contributed by atoms with Gasteiger partial charge in [0.15, 0.2) is 6.29 Å². The fourth-order valence-corrected chi connectivity index (χ4v) is 3.10. The first-order valence-electron chi connectivity index (χ1n) is 10.2. The van der Waals surface area contributed by atoms with Gasteiger partial charge in [-0.15, -0.1) is 0 Å². The van der Waals surface area contributed by atoms with E-state index in [1.165, 1.54) is 0 Å². The van der Waals surface area contributed by atoms with E-state index in [-0.39, 0.29) is 12.4 Å². The molecule has 0 fully saturated rings. The van der Waals surface area contributed by atoms with Crippen LogP contribution in [0.3, 0.4) is 0 Å². The van der Waals surface area contributed by atoms with Crippen LogP contribution in [0.15, 0.2) is 54.6 Å². The van der Waals surface area contributed by atoms with Crippen molar-refractivity contribution < 1.29 is 14.3 Å². The van der Waals surface area contributed by atoms with Crippen LogP contribution >= 0.6 is 0 Å². The number of esters is 1. The molecule has 0 heterocycles. The Morgan fingerprint density at radius 1 is 1.04 bits per heavy atom. The van der Waals surface area contributed by atoms with Crippen LogP contribution in [-0.4, -0.2) is 18.9 Å². The van der Waals surface area contributed by atoms with E-state index in [2.05, 4.69) is 19.9 Å². The smallest absolute Gasteiger partial charge is 0.309 e. The molecule has 3 heteroatoms. The molecular weight excluding hydrogens is 348 g/mol. The fraction of sp³-hybridized carbons (Fsp3) is 0.360. The number of allylic oxidation sites excluding steroid dienone is 3. The molecule has 0 radical (unpaired) electrons. The maximum absolute atomic E-state index is 11.9. The van der Waals surface area contributed by atoms with E-state index in [9.17, 15) is 9.59 Å². The summed E-state index contributed by atoms with van der Waals surface area (Å²) in [5.41, 5.74) is 2.57. The second-order valence-electron chi connectivity index (χ2n) is 6.85. The lowest BCUT2D eigenvalue weighted by Crippen LogP contribution is -2.04. The number of carbonyl (C=O) groups excluding carboxylic acids is 2. The molecule has 28 heavy (non-hydrogen) atoms. The SMILES string of the molecule is CCCC/C=C(/C=C/CC(=O)OCCCC)c1c(C=O)ccc2ccccc12. The Kier molecular flexibility index (Phi) is 9.20. The van der Waals surface area contributed by atoms with Gasteiger partial charge in [-0.3, -0.25) is 9.59 Å². The molecule has 0 unspecified atom stereocenters. The number of ether oxygens (including phenoxy) is 1. The number of unbranched alkanes of at least 4 members (excludes halogenated alkanes) is 3. The molecule has 0 amide bonds. The van der Waals surface area contributed by atoms with Crippen molar-refractivity contribution in [2.24, 2.45) is 0 Å². The molecule has 2 aromatic carbocycles. The Labute approximate surface area is 168 Å². The molecule has 0 N–H and O–H groups in total. The van der Waals surface area contributed by atoms with Crippen LogP contribution < -0.4 is 0 Å². The van der Waals surface area contributed by atoms with Gasteiger partial charge in [-0.1, -0.05) is 87.7 Å². The van der Waals surface area contributed by atoms with Crippen molar-refractivity contribution in [3.05, 3.63) is 65.8 Å². The molecule has 2 aromatic rings. The molecular formula is C25H30O3. The summed E-state index contributed by atoms with van der Waals surface area (Å²) < 4.78 is 5.22. The molecule has 0 aromatic heterocycles. The van der Waals surface area contributed by atoms with Crippen LogP contribution in [0.5, 0.6) is 0 Å². The number of carbonyl (C=O) groups is 2. The van der Waals surface area contributed by atoms with E-state index in [1.807, 2.05) is 48.6 Å². The summed E-state index contributed by atoms with van der Waals surface area (Å²) in [5.74, 6) is -0.217. The van der Waals surface area contributed by atoms with Gasteiger partial charge in [0.1, 0.15) is 0 Å². The average molecular weight is 379 g/mol. The number of aldehydes is 1. The largest absolute Gasteiger partial charge is 0.465 e. The van der Waals surface area contributed by atoms with Crippen LogP contribution in [-0.2, 0) is 9.53 Å². The number of rotatable bonds is 11. The molecule has 0 saturated carbocycles. The first kappa shape index (κ1) is 21.6. The number of hydrogen-bond donors (Lipinski definition) is 0. The van der Waals surface area contributed by atoms with E-state index in [0.29, 0.717) is 12.2 Å². The molecule has 2 rings (SSSR count). The number of fused-ring (bicyclic) bond motifs is 1. The molecule has 0 bridgehead atoms. The van der Waals surface area contributed by atoms with Gasteiger partial charge in [-0.2, -0.15) is 0 Å². The number of benzene rings is 2. The Balaban J connectivity index is 2.32. The molecule has 0 saturated heterocycles. The second kappa shape index (κ2) is 11.9. The standard InChI is InChI=1S/C25H30O3/c1-3-5-7-12-21(13-10-15-24(27)28-18-6-4-2)25-22(19-26)17-16-20-11-8-9-14-23(20)25/h8-14,16-17,19H,3-7,15,18H2,1-2H3/b13-10+,21-12-. The van der Waals surface area contributed by atoms with Crippen LogP contribution in [0.4, 0.5) is 0 Å². The summed E-state index contributed by atoms with van der Waals surface area (Å²) in [6, 6.07) is 11.9. The maximum Gasteiger partial charge on any atom is 0.309 e. The Bertz CT molecular complexity index is 846. The lowest BCUT2D eigenvalue weighted by Gasteiger charge is -2.11. The summed E-state index contributed by atoms with van der Waals surface area (Å²) in [4.78, 5) is 23.6. The highest BCUT2D eigenvalue weighted by atomic mass is 16.5. The van der Waals surface area contributed by atoms with Gasteiger partial charge in [-0.05, 0) is 34.8 Å². The minimum atomic E-state index is -0.217. The highest BCUT2D eigenvalue weighted by molar-refractivity contribution is 6.02. The van der Waals surface area contributed by atoms with E-state index in [0.717, 1.165) is 60.3 Å². The summed E-state index contributed by atoms with van der Waals surface area (Å²) in [7, 11) is 0. The van der Waals surface area contributed by atoms with E-state index < -0.39 is 0 Å². The predicted molar refractivity (Wildman–Crippen MR) is 116 cm³/mol. The maximum atomic E-state index is 11.9. The van der Waals surface area contributed by atoms with Crippen molar-refractivity contribution in [3.8, 4) is 0 Å². The predicted octanol–water partition coefficient (Wildman–Crippen LogP) is 6.52. The normalized spacial score (nSPS) is 11.9. The third kappa shape index (κ3) is 6.19. The van der Waals surface area contributed by atoms with Gasteiger partial charge < -0.3 is 4.74 Å². The molecule has 0 aliphatic carbocycles. The van der Waals surface area contributed by atoms with Crippen molar-refractivity contribution in [2.75, 3.05) is 6.61 Å². The van der Waals surface area contributed by atoms with Crippen LogP contribution in [0.2, 0.25) is 0 Å². The van der Waals surface area contributed by atoms with Crippen molar-refractivity contribution in [1.82, 2.24) is 0 Å². The zero-order chi connectivity index (χ0) is 20.2. The van der Waals surface area contributed by atoms with Crippen molar-refractivity contribution in [3.63, 3.8) is 0 Å². The van der Waals surface area contributed by atoms with Gasteiger partial charge in [0.05, 0.1) is 13.0 Å². The van der Waals surface area contributed by atoms with E-state index in [4.69, 9.17) is 4.74 Å². The van der Waals surface area contributed by atoms with Crippen molar-refractivity contribution in [1.29, 1.82) is 0 Å². The topological polar surface area (TPSA) is 43.4 Å². The second-order valence-corrected chi connectivity index (χ2v) is 6.85. The highest BCUT2D eigenvalue weighted by Crippen LogP contribution is 2.30. The summed E-state index contributed by atoms with van der Waals surface area (Å²) >= 11 is 0. The van der Waals surface area contributed by atoms with Gasteiger partial charge in [0.2, 0.25) is 0 Å². The Morgan fingerprint density at radius 2 is 1.82 bits per heavy atom. The van der Waals surface area contributed by atoms with Crippen LogP contribution in [0, 0.1) is 0 Å². The van der Waals surface area contributed by atoms with Gasteiger partial charge in [0.25, 0.3) is 0 Å². The first-order valence-corrected chi connectivity index (χ1v) is 10.2. The molecule has 0 atom stereocenters. The zero-order valence-corrected chi connectivity index (χ0v) is 16.9. The quantitative estimate of drug-likeness (QED) is 0.194. The van der Waals surface area contributed by atoms with E-state index in [1.54, 1.807) is 0 Å². The molecule has 3 nitrogen and oxygen atoms in total. The summed E-state index contributed by atoms with van der Waals surface area (Å²) in [6.07, 6.45) is 12.1. The third-order valence-electron chi connectivity index (χ3n) is 4.64.